The zero-order valence-electron chi connectivity index (χ0n) is 16.7. The van der Waals surface area contributed by atoms with Crippen LogP contribution in [-0.4, -0.2) is 22.9 Å². The first-order chi connectivity index (χ1) is 11.7. The smallest absolute Gasteiger partial charge is 0.0874 e. The highest BCUT2D eigenvalue weighted by molar-refractivity contribution is 6.89. The monoisotopic (exact) mass is 362 g/mol. The van der Waals surface area contributed by atoms with E-state index in [9.17, 15) is 0 Å². The summed E-state index contributed by atoms with van der Waals surface area (Å²) in [4.78, 5) is 0. The molecule has 0 heterocycles. The van der Waals surface area contributed by atoms with Gasteiger partial charge in [-0.3, -0.25) is 0 Å². The van der Waals surface area contributed by atoms with Crippen LogP contribution in [0.2, 0.25) is 39.3 Å². The third-order valence-electron chi connectivity index (χ3n) is 5.40. The van der Waals surface area contributed by atoms with E-state index in [1.165, 1.54) is 5.46 Å². The van der Waals surface area contributed by atoms with Crippen molar-refractivity contribution in [2.75, 3.05) is 0 Å². The molecule has 25 heavy (non-hydrogen) atoms. The van der Waals surface area contributed by atoms with E-state index < -0.39 is 16.1 Å². The van der Waals surface area contributed by atoms with Gasteiger partial charge in [0.15, 0.2) is 0 Å². The Hall–Kier alpha value is -1.32. The molecular weight excluding hydrogens is 331 g/mol. The first-order valence-corrected chi connectivity index (χ1v) is 16.5. The van der Waals surface area contributed by atoms with Gasteiger partial charge in [0.05, 0.1) is 16.1 Å². The molecule has 0 atom stereocenters. The maximum atomic E-state index is 2.54. The van der Waals surface area contributed by atoms with E-state index in [4.69, 9.17) is 0 Å². The molecule has 3 heteroatoms. The number of hydrogen-bond acceptors (Lipinski definition) is 0. The maximum Gasteiger partial charge on any atom is 0.233 e. The van der Waals surface area contributed by atoms with Gasteiger partial charge in [-0.25, -0.2) is 0 Å². The Bertz CT molecular complexity index is 720. The molecule has 130 valence electrons. The average molecular weight is 362 g/mol. The van der Waals surface area contributed by atoms with E-state index in [0.717, 1.165) is 12.8 Å². The molecule has 0 aliphatic heterocycles. The molecule has 0 radical (unpaired) electrons. The van der Waals surface area contributed by atoms with Crippen molar-refractivity contribution in [1.82, 2.24) is 0 Å². The van der Waals surface area contributed by atoms with Crippen molar-refractivity contribution in [2.24, 2.45) is 0 Å². The molecule has 0 fully saturated rings. The largest absolute Gasteiger partial charge is 0.233 e. The molecule has 0 N–H and O–H groups in total. The topological polar surface area (TPSA) is 0 Å². The molecule has 0 spiro atoms. The molecule has 0 unspecified atom stereocenters. The highest BCUT2D eigenvalue weighted by Crippen LogP contribution is 2.33. The van der Waals surface area contributed by atoms with E-state index >= 15 is 0 Å². The fraction of sp³-hybridized carbons (Fsp3) is 0.364. The van der Waals surface area contributed by atoms with Gasteiger partial charge in [0.25, 0.3) is 0 Å². The van der Waals surface area contributed by atoms with Crippen molar-refractivity contribution >= 4 is 28.3 Å². The van der Waals surface area contributed by atoms with Gasteiger partial charge in [0, 0.05) is 0 Å². The molecule has 0 saturated heterocycles. The molecule has 1 aromatic carbocycles. The second-order valence-electron chi connectivity index (χ2n) is 9.51. The molecule has 0 saturated carbocycles. The predicted molar refractivity (Wildman–Crippen MR) is 120 cm³/mol. The minimum absolute atomic E-state index is 0.455. The van der Waals surface area contributed by atoms with Gasteiger partial charge < -0.3 is 0 Å². The van der Waals surface area contributed by atoms with Crippen molar-refractivity contribution in [2.45, 2.75) is 52.1 Å². The molecule has 0 bridgehead atoms. The van der Waals surface area contributed by atoms with Gasteiger partial charge in [0.1, 0.15) is 0 Å². The van der Waals surface area contributed by atoms with E-state index in [1.807, 2.05) is 0 Å². The fourth-order valence-electron chi connectivity index (χ4n) is 3.85. The Kier molecular flexibility index (Phi) is 5.00. The third-order valence-corrected chi connectivity index (χ3v) is 9.56. The van der Waals surface area contributed by atoms with Gasteiger partial charge in [-0.05, 0) is 12.8 Å². The van der Waals surface area contributed by atoms with Crippen LogP contribution in [0.25, 0.3) is 0 Å². The highest BCUT2D eigenvalue weighted by atomic mass is 28.3. The van der Waals surface area contributed by atoms with Gasteiger partial charge in [-0.15, -0.1) is 0 Å². The summed E-state index contributed by atoms with van der Waals surface area (Å²) in [6.45, 7) is 15.2. The Balaban J connectivity index is 1.98. The van der Waals surface area contributed by atoms with Crippen LogP contribution in [0.4, 0.5) is 0 Å². The van der Waals surface area contributed by atoms with Gasteiger partial charge in [-0.2, -0.15) is 0 Å². The normalized spacial score (nSPS) is 17.8. The van der Waals surface area contributed by atoms with Gasteiger partial charge >= 0.3 is 0 Å². The summed E-state index contributed by atoms with van der Waals surface area (Å²) in [6.07, 6.45) is 12.3. The number of rotatable bonds is 5. The lowest BCUT2D eigenvalue weighted by Crippen LogP contribution is -2.34. The summed E-state index contributed by atoms with van der Waals surface area (Å²) in [5, 5.41) is 3.25. The second kappa shape index (κ2) is 6.77. The van der Waals surface area contributed by atoms with Gasteiger partial charge in [-0.1, -0.05) is 121 Å². The number of hydrogen-bond donors (Lipinski definition) is 0. The predicted octanol–water partition coefficient (Wildman–Crippen LogP) is 5.73. The van der Waals surface area contributed by atoms with Crippen LogP contribution >= 0.6 is 0 Å². The quantitative estimate of drug-likeness (QED) is 0.586. The molecule has 0 amide bonds. The van der Waals surface area contributed by atoms with Crippen LogP contribution in [0, 0.1) is 0 Å². The van der Waals surface area contributed by atoms with Crippen LogP contribution in [-0.2, 0) is 0 Å². The Labute approximate surface area is 156 Å². The van der Waals surface area contributed by atoms with Crippen molar-refractivity contribution < 1.29 is 0 Å². The highest BCUT2D eigenvalue weighted by Gasteiger charge is 2.32. The second-order valence-corrected chi connectivity index (χ2v) is 19.7. The summed E-state index contributed by atoms with van der Waals surface area (Å²) in [5.41, 5.74) is 4.65. The lowest BCUT2D eigenvalue weighted by atomic mass is 9.35. The summed E-state index contributed by atoms with van der Waals surface area (Å²) in [7, 11) is -2.47. The summed E-state index contributed by atoms with van der Waals surface area (Å²) in [5.74, 6) is 0. The maximum absolute atomic E-state index is 2.54. The lowest BCUT2D eigenvalue weighted by Gasteiger charge is -2.19. The summed E-state index contributed by atoms with van der Waals surface area (Å²) >= 11 is 0. The Morgan fingerprint density at radius 2 is 1.12 bits per heavy atom. The molecule has 0 aromatic heterocycles. The number of benzene rings is 1. The van der Waals surface area contributed by atoms with Crippen LogP contribution in [0.1, 0.15) is 12.8 Å². The standard InChI is InChI=1S/C22H31BSi2/c1-24(2,3)21-14-12-19(16-21)23(18-10-8-7-9-11-18)20-13-15-22(17-20)25(4,5)6/h7-11,14-17H,12-13H2,1-6H3. The zero-order valence-corrected chi connectivity index (χ0v) is 18.7. The summed E-state index contributed by atoms with van der Waals surface area (Å²) in [6, 6.07) is 11.1. The Morgan fingerprint density at radius 1 is 0.680 bits per heavy atom. The van der Waals surface area contributed by atoms with Crippen molar-refractivity contribution in [1.29, 1.82) is 0 Å². The van der Waals surface area contributed by atoms with Crippen LogP contribution in [0.15, 0.2) is 76.0 Å². The zero-order chi connectivity index (χ0) is 18.2. The fourth-order valence-corrected chi connectivity index (χ4v) is 6.52. The number of allylic oxidation sites excluding steroid dienone is 8. The molecule has 2 aliphatic carbocycles. The third kappa shape index (κ3) is 4.09. The first kappa shape index (κ1) is 18.5. The van der Waals surface area contributed by atoms with E-state index in [2.05, 4.69) is 93.9 Å². The minimum Gasteiger partial charge on any atom is -0.0874 e. The van der Waals surface area contributed by atoms with Gasteiger partial charge in [0.2, 0.25) is 6.71 Å². The SMILES string of the molecule is C[Si](C)(C)C1=CCC(B(C2=CC([Si](C)(C)C)=CC2)c2ccccc2)=C1. The first-order valence-electron chi connectivity index (χ1n) is 9.53. The molecular formula is C22H31BSi2. The van der Waals surface area contributed by atoms with E-state index in [1.54, 1.807) is 21.3 Å². The van der Waals surface area contributed by atoms with E-state index in [-0.39, 0.29) is 0 Å². The molecule has 1 aromatic rings. The molecule has 3 rings (SSSR count). The van der Waals surface area contributed by atoms with Crippen molar-refractivity contribution in [3.05, 3.63) is 76.0 Å². The van der Waals surface area contributed by atoms with Crippen molar-refractivity contribution in [3.63, 3.8) is 0 Å². The lowest BCUT2D eigenvalue weighted by molar-refractivity contribution is 1.34. The van der Waals surface area contributed by atoms with Crippen LogP contribution < -0.4 is 5.46 Å². The molecule has 2 aliphatic rings. The van der Waals surface area contributed by atoms with E-state index in [0.29, 0.717) is 6.71 Å². The van der Waals surface area contributed by atoms with Crippen molar-refractivity contribution in [3.8, 4) is 0 Å². The minimum atomic E-state index is -1.24. The Morgan fingerprint density at radius 3 is 1.48 bits per heavy atom. The summed E-state index contributed by atoms with van der Waals surface area (Å²) < 4.78 is 0. The van der Waals surface area contributed by atoms with Crippen LogP contribution in [0.3, 0.4) is 0 Å². The van der Waals surface area contributed by atoms with Crippen LogP contribution in [0.5, 0.6) is 0 Å². The molecule has 0 nitrogen and oxygen atoms in total. The average Bonchev–Trinajstić information content (AvgIpc) is 3.17.